The molecule has 1 atom stereocenters. The van der Waals surface area contributed by atoms with Crippen LogP contribution in [-0.2, 0) is 16.0 Å². The molecule has 0 unspecified atom stereocenters. The Morgan fingerprint density at radius 2 is 1.70 bits per heavy atom. The zero-order valence-electron chi connectivity index (χ0n) is 18.1. The number of hydrogen-bond donors (Lipinski definition) is 3. The number of rotatable bonds is 5. The fourth-order valence-corrected chi connectivity index (χ4v) is 3.40. The van der Waals surface area contributed by atoms with Gasteiger partial charge >= 0.3 is 6.09 Å². The summed E-state index contributed by atoms with van der Waals surface area (Å²) >= 11 is 0. The molecule has 0 aliphatic rings. The maximum Gasteiger partial charge on any atom is 0.408 e. The first-order valence-corrected chi connectivity index (χ1v) is 10.1. The molecular formula is C24H29N3O3. The zero-order valence-corrected chi connectivity index (χ0v) is 18.1. The summed E-state index contributed by atoms with van der Waals surface area (Å²) in [7, 11) is 0. The number of hydrogen-bond acceptors (Lipinski definition) is 3. The van der Waals surface area contributed by atoms with E-state index in [2.05, 4.69) is 15.6 Å². The lowest BCUT2D eigenvalue weighted by molar-refractivity contribution is -0.118. The first-order valence-electron chi connectivity index (χ1n) is 10.1. The summed E-state index contributed by atoms with van der Waals surface area (Å²) in [5.74, 6) is -0.288. The number of alkyl carbamates (subject to hydrolysis) is 1. The molecule has 0 aliphatic carbocycles. The van der Waals surface area contributed by atoms with Gasteiger partial charge in [0, 0.05) is 29.2 Å². The van der Waals surface area contributed by atoms with Crippen molar-refractivity contribution in [1.82, 2.24) is 10.3 Å². The van der Waals surface area contributed by atoms with Crippen molar-refractivity contribution in [3.05, 3.63) is 65.4 Å². The molecule has 3 rings (SSSR count). The van der Waals surface area contributed by atoms with Crippen LogP contribution in [0.5, 0.6) is 0 Å². The van der Waals surface area contributed by atoms with Crippen LogP contribution in [0, 0.1) is 13.8 Å². The minimum atomic E-state index is -0.793. The fourth-order valence-electron chi connectivity index (χ4n) is 3.40. The van der Waals surface area contributed by atoms with E-state index in [1.807, 2.05) is 62.5 Å². The van der Waals surface area contributed by atoms with Crippen molar-refractivity contribution < 1.29 is 14.3 Å². The first kappa shape index (κ1) is 21.4. The smallest absolute Gasteiger partial charge is 0.408 e. The van der Waals surface area contributed by atoms with Gasteiger partial charge in [0.15, 0.2) is 0 Å². The van der Waals surface area contributed by atoms with E-state index in [0.29, 0.717) is 6.42 Å². The molecule has 0 bridgehead atoms. The topological polar surface area (TPSA) is 83.2 Å². The molecule has 158 valence electrons. The number of amides is 2. The third-order valence-corrected chi connectivity index (χ3v) is 4.84. The number of para-hydroxylation sites is 2. The van der Waals surface area contributed by atoms with Crippen molar-refractivity contribution in [2.45, 2.75) is 52.7 Å². The van der Waals surface area contributed by atoms with Gasteiger partial charge in [-0.3, -0.25) is 4.79 Å². The molecule has 0 radical (unpaired) electrons. The molecule has 1 aromatic heterocycles. The van der Waals surface area contributed by atoms with Crippen molar-refractivity contribution in [3.63, 3.8) is 0 Å². The molecule has 6 heteroatoms. The van der Waals surface area contributed by atoms with E-state index in [1.165, 1.54) is 0 Å². The van der Waals surface area contributed by atoms with Crippen LogP contribution in [-0.4, -0.2) is 28.6 Å². The predicted octanol–water partition coefficient (Wildman–Crippen LogP) is 4.86. The third-order valence-electron chi connectivity index (χ3n) is 4.84. The molecule has 0 saturated heterocycles. The molecule has 3 N–H and O–H groups in total. The van der Waals surface area contributed by atoms with Crippen LogP contribution in [0.3, 0.4) is 0 Å². The zero-order chi connectivity index (χ0) is 21.9. The summed E-state index contributed by atoms with van der Waals surface area (Å²) in [6.45, 7) is 9.26. The molecule has 0 fully saturated rings. The van der Waals surface area contributed by atoms with Crippen molar-refractivity contribution in [2.75, 3.05) is 5.32 Å². The number of aromatic nitrogens is 1. The number of carbonyl (C=O) groups is 2. The van der Waals surface area contributed by atoms with Crippen molar-refractivity contribution in [3.8, 4) is 0 Å². The van der Waals surface area contributed by atoms with Gasteiger partial charge < -0.3 is 20.4 Å². The molecule has 6 nitrogen and oxygen atoms in total. The number of nitrogens with one attached hydrogen (secondary N) is 3. The van der Waals surface area contributed by atoms with Gasteiger partial charge in [-0.2, -0.15) is 0 Å². The maximum absolute atomic E-state index is 13.2. The predicted molar refractivity (Wildman–Crippen MR) is 120 cm³/mol. The number of carbonyl (C=O) groups excluding carboxylic acids is 2. The number of benzene rings is 2. The lowest BCUT2D eigenvalue weighted by Crippen LogP contribution is -2.47. The van der Waals surface area contributed by atoms with Crippen LogP contribution in [0.2, 0.25) is 0 Å². The normalized spacial score (nSPS) is 12.4. The molecule has 3 aromatic rings. The highest BCUT2D eigenvalue weighted by atomic mass is 16.6. The Hall–Kier alpha value is -3.28. The fraction of sp³-hybridized carbons (Fsp3) is 0.333. The van der Waals surface area contributed by atoms with Gasteiger partial charge in [0.25, 0.3) is 0 Å². The van der Waals surface area contributed by atoms with Crippen LogP contribution < -0.4 is 10.6 Å². The van der Waals surface area contributed by atoms with Gasteiger partial charge in [-0.05, 0) is 57.4 Å². The van der Waals surface area contributed by atoms with Crippen LogP contribution in [0.4, 0.5) is 10.5 Å². The molecule has 2 aromatic carbocycles. The summed E-state index contributed by atoms with van der Waals surface area (Å²) < 4.78 is 5.38. The lowest BCUT2D eigenvalue weighted by atomic mass is 10.0. The van der Waals surface area contributed by atoms with E-state index >= 15 is 0 Å². The number of H-pyrrole nitrogens is 1. The van der Waals surface area contributed by atoms with Crippen molar-refractivity contribution >= 4 is 28.6 Å². The molecular weight excluding hydrogens is 378 g/mol. The first-order chi connectivity index (χ1) is 14.1. The van der Waals surface area contributed by atoms with Crippen LogP contribution in [0.25, 0.3) is 10.9 Å². The monoisotopic (exact) mass is 407 g/mol. The van der Waals surface area contributed by atoms with E-state index in [-0.39, 0.29) is 5.91 Å². The summed E-state index contributed by atoms with van der Waals surface area (Å²) in [6, 6.07) is 12.9. The van der Waals surface area contributed by atoms with Gasteiger partial charge in [-0.25, -0.2) is 4.79 Å². The van der Waals surface area contributed by atoms with Gasteiger partial charge in [-0.15, -0.1) is 0 Å². The molecule has 1 heterocycles. The molecule has 30 heavy (non-hydrogen) atoms. The lowest BCUT2D eigenvalue weighted by Gasteiger charge is -2.24. The highest BCUT2D eigenvalue weighted by Gasteiger charge is 2.26. The minimum Gasteiger partial charge on any atom is -0.444 e. The van der Waals surface area contributed by atoms with Gasteiger partial charge in [0.2, 0.25) is 5.91 Å². The Morgan fingerprint density at radius 1 is 1.03 bits per heavy atom. The van der Waals surface area contributed by atoms with E-state index in [9.17, 15) is 9.59 Å². The van der Waals surface area contributed by atoms with Crippen LogP contribution in [0.1, 0.15) is 37.5 Å². The van der Waals surface area contributed by atoms with Crippen LogP contribution in [0.15, 0.2) is 48.7 Å². The van der Waals surface area contributed by atoms with E-state index in [4.69, 9.17) is 4.74 Å². The average molecular weight is 408 g/mol. The Morgan fingerprint density at radius 3 is 2.37 bits per heavy atom. The van der Waals surface area contributed by atoms with E-state index < -0.39 is 17.7 Å². The summed E-state index contributed by atoms with van der Waals surface area (Å²) in [5.41, 5.74) is 3.97. The number of ether oxygens (including phenoxy) is 1. The summed E-state index contributed by atoms with van der Waals surface area (Å²) in [4.78, 5) is 28.8. The number of fused-ring (bicyclic) bond motifs is 1. The number of aryl methyl sites for hydroxylation is 2. The highest BCUT2D eigenvalue weighted by Crippen LogP contribution is 2.22. The molecule has 2 amide bonds. The molecule has 0 spiro atoms. The second-order valence-corrected chi connectivity index (χ2v) is 8.52. The maximum atomic E-state index is 13.2. The summed E-state index contributed by atoms with van der Waals surface area (Å²) in [5, 5.41) is 6.76. The largest absolute Gasteiger partial charge is 0.444 e. The Kier molecular flexibility index (Phi) is 6.15. The quantitative estimate of drug-likeness (QED) is 0.565. The average Bonchev–Trinajstić information content (AvgIpc) is 3.06. The SMILES string of the molecule is Cc1cccc(C)c1NC(=O)[C@@H](Cc1c[nH]c2ccccc12)NC(=O)OC(C)(C)C. The second kappa shape index (κ2) is 8.61. The van der Waals surface area contributed by atoms with E-state index in [0.717, 1.165) is 33.3 Å². The Labute approximate surface area is 177 Å². The number of aromatic amines is 1. The number of anilines is 1. The second-order valence-electron chi connectivity index (χ2n) is 8.52. The Bertz CT molecular complexity index is 1040. The highest BCUT2D eigenvalue weighted by molar-refractivity contribution is 5.98. The molecule has 0 aliphatic heterocycles. The van der Waals surface area contributed by atoms with Gasteiger partial charge in [0.05, 0.1) is 0 Å². The van der Waals surface area contributed by atoms with Crippen molar-refractivity contribution in [1.29, 1.82) is 0 Å². The standard InChI is InChI=1S/C24H29N3O3/c1-15-9-8-10-16(2)21(15)27-22(28)20(26-23(29)30-24(3,4)5)13-17-14-25-19-12-7-6-11-18(17)19/h6-12,14,20,25H,13H2,1-5H3,(H,26,29)(H,27,28)/t20-/m1/s1. The van der Waals surface area contributed by atoms with Gasteiger partial charge in [-0.1, -0.05) is 36.4 Å². The third kappa shape index (κ3) is 5.20. The van der Waals surface area contributed by atoms with Crippen molar-refractivity contribution in [2.24, 2.45) is 0 Å². The van der Waals surface area contributed by atoms with Crippen LogP contribution >= 0.6 is 0 Å². The minimum absolute atomic E-state index is 0.288. The Balaban J connectivity index is 1.86. The van der Waals surface area contributed by atoms with E-state index in [1.54, 1.807) is 20.8 Å². The van der Waals surface area contributed by atoms with Gasteiger partial charge in [0.1, 0.15) is 11.6 Å². The summed E-state index contributed by atoms with van der Waals surface area (Å²) in [6.07, 6.45) is 1.59. The molecule has 0 saturated carbocycles.